The average Bonchev–Trinajstić information content (AvgIpc) is 3.21. The topological polar surface area (TPSA) is 90.5 Å². The number of aromatic nitrogens is 6. The van der Waals surface area contributed by atoms with Crippen molar-refractivity contribution in [1.82, 2.24) is 29.8 Å². The van der Waals surface area contributed by atoms with Crippen LogP contribution in [-0.2, 0) is 6.54 Å². The fourth-order valence-corrected chi connectivity index (χ4v) is 2.70. The van der Waals surface area contributed by atoms with Crippen LogP contribution in [0.1, 0.15) is 47.6 Å². The van der Waals surface area contributed by atoms with Crippen LogP contribution in [0.4, 0.5) is 5.82 Å². The summed E-state index contributed by atoms with van der Waals surface area (Å²) >= 11 is 0. The van der Waals surface area contributed by atoms with Crippen molar-refractivity contribution in [3.05, 3.63) is 47.5 Å². The fraction of sp³-hybridized carbons (Fsp3) is 0.353. The molecule has 25 heavy (non-hydrogen) atoms. The Morgan fingerprint density at radius 1 is 1.28 bits per heavy atom. The first-order valence-electron chi connectivity index (χ1n) is 8.39. The van der Waals surface area contributed by atoms with Gasteiger partial charge in [0.25, 0.3) is 5.91 Å². The van der Waals surface area contributed by atoms with Gasteiger partial charge >= 0.3 is 0 Å². The molecule has 3 heterocycles. The highest BCUT2D eigenvalue weighted by atomic mass is 16.2. The molecule has 0 unspecified atom stereocenters. The zero-order chi connectivity index (χ0) is 17.4. The van der Waals surface area contributed by atoms with E-state index in [1.807, 2.05) is 32.0 Å². The molecule has 1 saturated carbocycles. The number of aryl methyl sites for hydroxylation is 2. The number of nitrogens with zero attached hydrogens (tertiary/aromatic N) is 6. The average molecular weight is 337 g/mol. The maximum atomic E-state index is 12.7. The molecule has 0 saturated heterocycles. The molecule has 128 valence electrons. The van der Waals surface area contributed by atoms with Crippen LogP contribution in [0.15, 0.2) is 30.5 Å². The monoisotopic (exact) mass is 337 g/mol. The van der Waals surface area contributed by atoms with Crippen molar-refractivity contribution in [3.63, 3.8) is 0 Å². The van der Waals surface area contributed by atoms with Gasteiger partial charge in [-0.3, -0.25) is 9.48 Å². The minimum absolute atomic E-state index is 0.205. The van der Waals surface area contributed by atoms with Gasteiger partial charge in [-0.1, -0.05) is 0 Å². The van der Waals surface area contributed by atoms with Gasteiger partial charge in [-0.05, 0) is 44.9 Å². The lowest BCUT2D eigenvalue weighted by Gasteiger charge is -2.08. The maximum Gasteiger partial charge on any atom is 0.275 e. The van der Waals surface area contributed by atoms with Crippen LogP contribution in [0.3, 0.4) is 0 Å². The van der Waals surface area contributed by atoms with E-state index in [9.17, 15) is 4.79 Å². The summed E-state index contributed by atoms with van der Waals surface area (Å²) in [6.07, 6.45) is 3.92. The molecule has 4 rings (SSSR count). The molecule has 0 aliphatic heterocycles. The number of carbonyl (C=O) groups is 1. The van der Waals surface area contributed by atoms with E-state index in [2.05, 4.69) is 25.7 Å². The molecule has 0 atom stereocenters. The van der Waals surface area contributed by atoms with E-state index in [1.54, 1.807) is 21.6 Å². The Kier molecular flexibility index (Phi) is 3.79. The number of hydrogen-bond acceptors (Lipinski definition) is 5. The van der Waals surface area contributed by atoms with Crippen LogP contribution < -0.4 is 5.32 Å². The molecule has 3 aromatic rings. The summed E-state index contributed by atoms with van der Waals surface area (Å²) in [5.74, 6) is 1.39. The number of amides is 1. The third-order valence-corrected chi connectivity index (χ3v) is 4.21. The second kappa shape index (κ2) is 6.12. The third kappa shape index (κ3) is 3.02. The molecule has 0 spiro atoms. The van der Waals surface area contributed by atoms with Crippen molar-refractivity contribution in [2.45, 2.75) is 39.2 Å². The predicted octanol–water partition coefficient (Wildman–Crippen LogP) is 2.32. The summed E-state index contributed by atoms with van der Waals surface area (Å²) in [6.45, 7) is 4.50. The standard InChI is InChI=1S/C17H19N7O/c1-3-23-14(10-13(22-23)12-5-6-12)17(25)19-15-8-9-18-24(15)16-7-4-11(2)20-21-16/h4,7-10,12H,3,5-6H2,1-2H3,(H,19,25). The van der Waals surface area contributed by atoms with Gasteiger partial charge in [-0.15, -0.1) is 5.10 Å². The minimum Gasteiger partial charge on any atom is -0.305 e. The normalized spacial score (nSPS) is 13.8. The van der Waals surface area contributed by atoms with E-state index in [0.29, 0.717) is 29.8 Å². The van der Waals surface area contributed by atoms with Gasteiger partial charge in [0.1, 0.15) is 11.5 Å². The summed E-state index contributed by atoms with van der Waals surface area (Å²) in [5.41, 5.74) is 2.39. The van der Waals surface area contributed by atoms with Crippen LogP contribution in [-0.4, -0.2) is 35.7 Å². The Hall–Kier alpha value is -3.03. The van der Waals surface area contributed by atoms with Crippen LogP contribution in [0.5, 0.6) is 0 Å². The molecule has 0 radical (unpaired) electrons. The first-order chi connectivity index (χ1) is 12.2. The van der Waals surface area contributed by atoms with Gasteiger partial charge in [0.2, 0.25) is 0 Å². The highest BCUT2D eigenvalue weighted by Gasteiger charge is 2.28. The Balaban J connectivity index is 1.60. The Bertz CT molecular complexity index is 905. The number of hydrogen-bond donors (Lipinski definition) is 1. The van der Waals surface area contributed by atoms with E-state index < -0.39 is 0 Å². The van der Waals surface area contributed by atoms with Crippen molar-refractivity contribution in [2.24, 2.45) is 0 Å². The number of carbonyl (C=O) groups excluding carboxylic acids is 1. The highest BCUT2D eigenvalue weighted by Crippen LogP contribution is 2.39. The molecule has 3 aromatic heterocycles. The van der Waals surface area contributed by atoms with Crippen molar-refractivity contribution in [1.29, 1.82) is 0 Å². The summed E-state index contributed by atoms with van der Waals surface area (Å²) in [7, 11) is 0. The summed E-state index contributed by atoms with van der Waals surface area (Å²) in [4.78, 5) is 12.7. The van der Waals surface area contributed by atoms with Crippen LogP contribution in [0.2, 0.25) is 0 Å². The van der Waals surface area contributed by atoms with Crippen LogP contribution in [0.25, 0.3) is 5.82 Å². The van der Waals surface area contributed by atoms with Crippen LogP contribution in [0, 0.1) is 6.92 Å². The minimum atomic E-state index is -0.205. The fourth-order valence-electron chi connectivity index (χ4n) is 2.70. The summed E-state index contributed by atoms with van der Waals surface area (Å²) in [5, 5.41) is 19.8. The lowest BCUT2D eigenvalue weighted by Crippen LogP contribution is -2.19. The highest BCUT2D eigenvalue weighted by molar-refractivity contribution is 6.02. The van der Waals surface area contributed by atoms with Crippen molar-refractivity contribution < 1.29 is 4.79 Å². The molecule has 0 bridgehead atoms. The quantitative estimate of drug-likeness (QED) is 0.771. The maximum absolute atomic E-state index is 12.7. The first-order valence-corrected chi connectivity index (χ1v) is 8.39. The van der Waals surface area contributed by atoms with Gasteiger partial charge in [0, 0.05) is 18.5 Å². The Morgan fingerprint density at radius 2 is 2.12 bits per heavy atom. The van der Waals surface area contributed by atoms with Crippen molar-refractivity contribution in [3.8, 4) is 5.82 Å². The summed E-state index contributed by atoms with van der Waals surface area (Å²) in [6, 6.07) is 7.28. The Labute approximate surface area is 144 Å². The van der Waals surface area contributed by atoms with Gasteiger partial charge in [0.05, 0.1) is 17.6 Å². The lowest BCUT2D eigenvalue weighted by molar-refractivity contribution is 0.101. The molecule has 1 N–H and O–H groups in total. The van der Waals surface area contributed by atoms with Crippen molar-refractivity contribution >= 4 is 11.7 Å². The molecule has 1 amide bonds. The second-order valence-electron chi connectivity index (χ2n) is 6.16. The largest absolute Gasteiger partial charge is 0.305 e. The number of rotatable bonds is 5. The molecule has 1 aliphatic rings. The van der Waals surface area contributed by atoms with E-state index in [4.69, 9.17) is 0 Å². The van der Waals surface area contributed by atoms with Gasteiger partial charge in [-0.25, -0.2) is 0 Å². The molecule has 0 aromatic carbocycles. The molecule has 1 aliphatic carbocycles. The van der Waals surface area contributed by atoms with Gasteiger partial charge < -0.3 is 5.32 Å². The zero-order valence-corrected chi connectivity index (χ0v) is 14.2. The predicted molar refractivity (Wildman–Crippen MR) is 91.7 cm³/mol. The molecule has 8 heteroatoms. The molecule has 8 nitrogen and oxygen atoms in total. The van der Waals surface area contributed by atoms with E-state index >= 15 is 0 Å². The number of nitrogens with one attached hydrogen (secondary N) is 1. The summed E-state index contributed by atoms with van der Waals surface area (Å²) < 4.78 is 3.30. The van der Waals surface area contributed by atoms with Crippen molar-refractivity contribution in [2.75, 3.05) is 5.32 Å². The zero-order valence-electron chi connectivity index (χ0n) is 14.2. The van der Waals surface area contributed by atoms with Gasteiger partial charge in [0.15, 0.2) is 5.82 Å². The SMILES string of the molecule is CCn1nc(C2CC2)cc1C(=O)Nc1ccnn1-c1ccc(C)nn1. The van der Waals surface area contributed by atoms with E-state index in [-0.39, 0.29) is 5.91 Å². The molecular weight excluding hydrogens is 318 g/mol. The molecular formula is C17H19N7O. The molecule has 1 fully saturated rings. The number of anilines is 1. The van der Waals surface area contributed by atoms with Crippen LogP contribution >= 0.6 is 0 Å². The first kappa shape index (κ1) is 15.5. The smallest absolute Gasteiger partial charge is 0.275 e. The lowest BCUT2D eigenvalue weighted by atomic mass is 10.2. The third-order valence-electron chi connectivity index (χ3n) is 4.21. The van der Waals surface area contributed by atoms with Gasteiger partial charge in [-0.2, -0.15) is 20.0 Å². The van der Waals surface area contributed by atoms with E-state index in [1.165, 1.54) is 0 Å². The Morgan fingerprint density at radius 3 is 2.80 bits per heavy atom. The second-order valence-corrected chi connectivity index (χ2v) is 6.16. The van der Waals surface area contributed by atoms with E-state index in [0.717, 1.165) is 24.2 Å².